The van der Waals surface area contributed by atoms with Crippen LogP contribution in [0.1, 0.15) is 24.3 Å². The van der Waals surface area contributed by atoms with Gasteiger partial charge in [0.15, 0.2) is 0 Å². The van der Waals surface area contributed by atoms with Gasteiger partial charge >= 0.3 is 0 Å². The lowest BCUT2D eigenvalue weighted by molar-refractivity contribution is 0.463. The molecule has 2 N–H and O–H groups in total. The maximum atomic E-state index is 12.1. The third-order valence-corrected chi connectivity index (χ3v) is 4.12. The summed E-state index contributed by atoms with van der Waals surface area (Å²) in [5.41, 5.74) is 0.738. The Kier molecular flexibility index (Phi) is 4.53. The van der Waals surface area contributed by atoms with Gasteiger partial charge in [0, 0.05) is 6.54 Å². The number of nitrogens with zero attached hydrogens (tertiary/aromatic N) is 3. The van der Waals surface area contributed by atoms with Gasteiger partial charge in [-0.15, -0.1) is 0 Å². The highest BCUT2D eigenvalue weighted by Crippen LogP contribution is 2.11. The Morgan fingerprint density at radius 1 is 1.24 bits per heavy atom. The zero-order chi connectivity index (χ0) is 15.5. The van der Waals surface area contributed by atoms with E-state index < -0.39 is 10.0 Å². The van der Waals surface area contributed by atoms with Crippen LogP contribution in [0, 0.1) is 13.8 Å². The molecule has 2 aromatic heterocycles. The van der Waals surface area contributed by atoms with E-state index >= 15 is 0 Å². The van der Waals surface area contributed by atoms with E-state index in [2.05, 4.69) is 25.0 Å². The standard InChI is InChI=1S/C12H17N5O3S/c1-4-13-12-14-5-10(6-15-12)21(18,19)16-7-11-17-8(2)9(3)20-11/h5-6,16H,4,7H2,1-3H3,(H,13,14,15). The molecule has 0 spiro atoms. The van der Waals surface area contributed by atoms with Crippen molar-refractivity contribution < 1.29 is 12.8 Å². The Balaban J connectivity index is 2.07. The second-order valence-corrected chi connectivity index (χ2v) is 6.11. The summed E-state index contributed by atoms with van der Waals surface area (Å²) < 4.78 is 31.9. The summed E-state index contributed by atoms with van der Waals surface area (Å²) in [6, 6.07) is 0. The highest BCUT2D eigenvalue weighted by Gasteiger charge is 2.16. The lowest BCUT2D eigenvalue weighted by atomic mass is 10.4. The van der Waals surface area contributed by atoms with Crippen molar-refractivity contribution in [2.45, 2.75) is 32.2 Å². The molecule has 2 heterocycles. The van der Waals surface area contributed by atoms with Crippen molar-refractivity contribution >= 4 is 16.0 Å². The molecule has 0 saturated carbocycles. The molecule has 2 aromatic rings. The highest BCUT2D eigenvalue weighted by atomic mass is 32.2. The van der Waals surface area contributed by atoms with Crippen molar-refractivity contribution in [2.24, 2.45) is 0 Å². The largest absolute Gasteiger partial charge is 0.444 e. The smallest absolute Gasteiger partial charge is 0.244 e. The zero-order valence-corrected chi connectivity index (χ0v) is 12.9. The van der Waals surface area contributed by atoms with Crippen molar-refractivity contribution in [2.75, 3.05) is 11.9 Å². The summed E-state index contributed by atoms with van der Waals surface area (Å²) >= 11 is 0. The van der Waals surface area contributed by atoms with Gasteiger partial charge in [0.25, 0.3) is 0 Å². The van der Waals surface area contributed by atoms with Gasteiger partial charge in [0.1, 0.15) is 10.7 Å². The lowest BCUT2D eigenvalue weighted by Crippen LogP contribution is -2.23. The van der Waals surface area contributed by atoms with Crippen LogP contribution in [0.4, 0.5) is 5.95 Å². The predicted octanol–water partition coefficient (Wildman–Crippen LogP) is 0.992. The van der Waals surface area contributed by atoms with Crippen LogP contribution in [0.25, 0.3) is 0 Å². The van der Waals surface area contributed by atoms with E-state index in [1.165, 1.54) is 12.4 Å². The lowest BCUT2D eigenvalue weighted by Gasteiger charge is -2.05. The molecular weight excluding hydrogens is 294 g/mol. The van der Waals surface area contributed by atoms with Crippen LogP contribution in [0.2, 0.25) is 0 Å². The minimum Gasteiger partial charge on any atom is -0.444 e. The Labute approximate surface area is 123 Å². The Morgan fingerprint density at radius 3 is 2.43 bits per heavy atom. The summed E-state index contributed by atoms with van der Waals surface area (Å²) in [5, 5.41) is 2.89. The van der Waals surface area contributed by atoms with Crippen LogP contribution in [0.3, 0.4) is 0 Å². The van der Waals surface area contributed by atoms with Crippen LogP contribution < -0.4 is 10.0 Å². The normalized spacial score (nSPS) is 11.6. The number of rotatable bonds is 6. The number of aromatic nitrogens is 3. The summed E-state index contributed by atoms with van der Waals surface area (Å²) in [7, 11) is -3.70. The van der Waals surface area contributed by atoms with Crippen molar-refractivity contribution in [3.05, 3.63) is 29.7 Å². The molecule has 2 rings (SSSR count). The first-order valence-corrected chi connectivity index (χ1v) is 7.89. The molecule has 21 heavy (non-hydrogen) atoms. The highest BCUT2D eigenvalue weighted by molar-refractivity contribution is 7.89. The summed E-state index contributed by atoms with van der Waals surface area (Å²) in [4.78, 5) is 12.0. The average Bonchev–Trinajstić information content (AvgIpc) is 2.77. The number of hydrogen-bond donors (Lipinski definition) is 2. The third kappa shape index (κ3) is 3.76. The van der Waals surface area contributed by atoms with Crippen molar-refractivity contribution in [3.63, 3.8) is 0 Å². The minimum absolute atomic E-state index is 0.0100. The van der Waals surface area contributed by atoms with E-state index in [0.717, 1.165) is 5.69 Å². The molecule has 8 nitrogen and oxygen atoms in total. The van der Waals surface area contributed by atoms with Crippen molar-refractivity contribution in [1.29, 1.82) is 0 Å². The Bertz CT molecular complexity index is 689. The molecular formula is C12H17N5O3S. The quantitative estimate of drug-likeness (QED) is 0.818. The fraction of sp³-hybridized carbons (Fsp3) is 0.417. The Morgan fingerprint density at radius 2 is 1.90 bits per heavy atom. The Hall–Kier alpha value is -2.00. The maximum absolute atomic E-state index is 12.1. The SMILES string of the molecule is CCNc1ncc(S(=O)(=O)NCc2nc(C)c(C)o2)cn1. The molecule has 0 aromatic carbocycles. The third-order valence-electron chi connectivity index (χ3n) is 2.76. The van der Waals surface area contributed by atoms with Gasteiger partial charge in [-0.2, -0.15) is 0 Å². The van der Waals surface area contributed by atoms with E-state index in [0.29, 0.717) is 24.1 Å². The van der Waals surface area contributed by atoms with Gasteiger partial charge in [0.05, 0.1) is 24.6 Å². The molecule has 0 aliphatic rings. The second-order valence-electron chi connectivity index (χ2n) is 4.35. The van der Waals surface area contributed by atoms with E-state index in [4.69, 9.17) is 4.42 Å². The fourth-order valence-corrected chi connectivity index (χ4v) is 2.42. The van der Waals surface area contributed by atoms with Crippen LogP contribution in [-0.2, 0) is 16.6 Å². The first-order valence-electron chi connectivity index (χ1n) is 6.41. The summed E-state index contributed by atoms with van der Waals surface area (Å²) in [5.74, 6) is 1.37. The molecule has 0 amide bonds. The second kappa shape index (κ2) is 6.19. The summed E-state index contributed by atoms with van der Waals surface area (Å²) in [6.45, 7) is 6.10. The number of oxazole rings is 1. The van der Waals surface area contributed by atoms with E-state index in [-0.39, 0.29) is 11.4 Å². The average molecular weight is 311 g/mol. The van der Waals surface area contributed by atoms with Gasteiger partial charge in [-0.05, 0) is 20.8 Å². The molecule has 0 aliphatic heterocycles. The van der Waals surface area contributed by atoms with Crippen LogP contribution in [0.15, 0.2) is 21.7 Å². The molecule has 0 atom stereocenters. The zero-order valence-electron chi connectivity index (χ0n) is 12.0. The van der Waals surface area contributed by atoms with Crippen LogP contribution in [0.5, 0.6) is 0 Å². The van der Waals surface area contributed by atoms with Gasteiger partial charge in [-0.3, -0.25) is 0 Å². The number of anilines is 1. The van der Waals surface area contributed by atoms with Crippen LogP contribution >= 0.6 is 0 Å². The number of nitrogens with one attached hydrogen (secondary N) is 2. The van der Waals surface area contributed by atoms with Gasteiger partial charge in [-0.25, -0.2) is 28.1 Å². The van der Waals surface area contributed by atoms with Crippen molar-refractivity contribution in [1.82, 2.24) is 19.7 Å². The number of sulfonamides is 1. The molecule has 0 aliphatic carbocycles. The monoisotopic (exact) mass is 311 g/mol. The van der Waals surface area contributed by atoms with Crippen molar-refractivity contribution in [3.8, 4) is 0 Å². The molecule has 0 radical (unpaired) electrons. The van der Waals surface area contributed by atoms with Gasteiger partial charge in [0.2, 0.25) is 21.9 Å². The number of hydrogen-bond acceptors (Lipinski definition) is 7. The minimum atomic E-state index is -3.70. The topological polar surface area (TPSA) is 110 Å². The molecule has 0 saturated heterocycles. The molecule has 0 bridgehead atoms. The molecule has 0 fully saturated rings. The molecule has 9 heteroatoms. The van der Waals surface area contributed by atoms with Gasteiger partial charge < -0.3 is 9.73 Å². The van der Waals surface area contributed by atoms with E-state index in [9.17, 15) is 8.42 Å². The predicted molar refractivity (Wildman–Crippen MR) is 76.2 cm³/mol. The van der Waals surface area contributed by atoms with Crippen LogP contribution in [-0.4, -0.2) is 29.9 Å². The van der Waals surface area contributed by atoms with Gasteiger partial charge in [-0.1, -0.05) is 0 Å². The van der Waals surface area contributed by atoms with E-state index in [1.807, 2.05) is 6.92 Å². The molecule has 0 unspecified atom stereocenters. The molecule has 114 valence electrons. The number of aryl methyl sites for hydroxylation is 2. The first-order chi connectivity index (χ1) is 9.92. The summed E-state index contributed by atoms with van der Waals surface area (Å²) in [6.07, 6.45) is 2.50. The first kappa shape index (κ1) is 15.4. The fourth-order valence-electron chi connectivity index (χ4n) is 1.56. The van der Waals surface area contributed by atoms with E-state index in [1.54, 1.807) is 13.8 Å². The maximum Gasteiger partial charge on any atom is 0.244 e.